The highest BCUT2D eigenvalue weighted by atomic mass is 35.5. The highest BCUT2D eigenvalue weighted by molar-refractivity contribution is 6.32. The molecule has 2 nitrogen and oxygen atoms in total. The molecule has 3 aromatic rings. The molecule has 0 fully saturated rings. The van der Waals surface area contributed by atoms with Crippen molar-refractivity contribution in [2.24, 2.45) is 0 Å². The van der Waals surface area contributed by atoms with Crippen LogP contribution in [0.2, 0.25) is 5.02 Å². The van der Waals surface area contributed by atoms with Gasteiger partial charge in [-0.3, -0.25) is 0 Å². The fraction of sp³-hybridized carbons (Fsp3) is 0. The standard InChI is InChI=1S/C15H9ClO2/c16-10-6-4-9-5-7-12-11(14(9)8-10)2-1-3-13(12)15(17)18/h1-8H,(H,17,18). The molecule has 0 aromatic heterocycles. The van der Waals surface area contributed by atoms with Gasteiger partial charge in [0.25, 0.3) is 0 Å². The molecule has 88 valence electrons. The third-order valence-corrected chi connectivity index (χ3v) is 3.31. The minimum atomic E-state index is -0.915. The molecule has 3 aromatic carbocycles. The molecule has 1 N–H and O–H groups in total. The van der Waals surface area contributed by atoms with E-state index < -0.39 is 5.97 Å². The monoisotopic (exact) mass is 256 g/mol. The number of halogens is 1. The van der Waals surface area contributed by atoms with Crippen molar-refractivity contribution >= 4 is 39.1 Å². The summed E-state index contributed by atoms with van der Waals surface area (Å²) >= 11 is 6.01. The molecule has 0 aliphatic carbocycles. The first-order valence-corrected chi connectivity index (χ1v) is 5.89. The zero-order valence-electron chi connectivity index (χ0n) is 9.35. The lowest BCUT2D eigenvalue weighted by Crippen LogP contribution is -1.97. The highest BCUT2D eigenvalue weighted by Gasteiger charge is 2.09. The normalized spacial score (nSPS) is 10.9. The van der Waals surface area contributed by atoms with E-state index >= 15 is 0 Å². The minimum Gasteiger partial charge on any atom is -0.478 e. The number of carboxylic acid groups (broad SMARTS) is 1. The zero-order valence-corrected chi connectivity index (χ0v) is 10.1. The molecule has 0 radical (unpaired) electrons. The van der Waals surface area contributed by atoms with E-state index in [1.807, 2.05) is 36.4 Å². The first kappa shape index (κ1) is 11.1. The van der Waals surface area contributed by atoms with E-state index in [0.29, 0.717) is 10.6 Å². The van der Waals surface area contributed by atoms with Gasteiger partial charge in [-0.25, -0.2) is 4.79 Å². The van der Waals surface area contributed by atoms with Crippen molar-refractivity contribution in [3.8, 4) is 0 Å². The lowest BCUT2D eigenvalue weighted by molar-refractivity contribution is 0.0699. The van der Waals surface area contributed by atoms with Crippen LogP contribution in [0.1, 0.15) is 10.4 Å². The zero-order chi connectivity index (χ0) is 12.7. The maximum absolute atomic E-state index is 11.2. The van der Waals surface area contributed by atoms with Gasteiger partial charge in [-0.15, -0.1) is 0 Å². The Hall–Kier alpha value is -2.06. The molecule has 0 aliphatic rings. The van der Waals surface area contributed by atoms with Gasteiger partial charge < -0.3 is 5.11 Å². The fourth-order valence-corrected chi connectivity index (χ4v) is 2.42. The number of hydrogen-bond acceptors (Lipinski definition) is 1. The summed E-state index contributed by atoms with van der Waals surface area (Å²) in [6.07, 6.45) is 0. The molecule has 0 unspecified atom stereocenters. The van der Waals surface area contributed by atoms with Gasteiger partial charge in [0.2, 0.25) is 0 Å². The van der Waals surface area contributed by atoms with Crippen LogP contribution in [0.15, 0.2) is 48.5 Å². The van der Waals surface area contributed by atoms with Gasteiger partial charge in [0.1, 0.15) is 0 Å². The number of rotatable bonds is 1. The number of aromatic carboxylic acids is 1. The van der Waals surface area contributed by atoms with Gasteiger partial charge in [-0.2, -0.15) is 0 Å². The van der Waals surface area contributed by atoms with Crippen molar-refractivity contribution in [2.45, 2.75) is 0 Å². The lowest BCUT2D eigenvalue weighted by Gasteiger charge is -2.06. The summed E-state index contributed by atoms with van der Waals surface area (Å²) < 4.78 is 0. The van der Waals surface area contributed by atoms with Crippen LogP contribution in [-0.2, 0) is 0 Å². The molecule has 0 spiro atoms. The van der Waals surface area contributed by atoms with Crippen molar-refractivity contribution in [1.29, 1.82) is 0 Å². The van der Waals surface area contributed by atoms with E-state index in [-0.39, 0.29) is 0 Å². The summed E-state index contributed by atoms with van der Waals surface area (Å²) in [5.41, 5.74) is 0.314. The van der Waals surface area contributed by atoms with Gasteiger partial charge in [-0.1, -0.05) is 41.9 Å². The van der Waals surface area contributed by atoms with Gasteiger partial charge in [0, 0.05) is 5.02 Å². The molecule has 0 saturated carbocycles. The smallest absolute Gasteiger partial charge is 0.336 e. The van der Waals surface area contributed by atoms with Gasteiger partial charge >= 0.3 is 5.97 Å². The molecule has 0 amide bonds. The Morgan fingerprint density at radius 1 is 0.944 bits per heavy atom. The van der Waals surface area contributed by atoms with Crippen LogP contribution in [0.3, 0.4) is 0 Å². The molecule has 0 bridgehead atoms. The van der Waals surface area contributed by atoms with Crippen LogP contribution >= 0.6 is 11.6 Å². The van der Waals surface area contributed by atoms with E-state index in [9.17, 15) is 9.90 Å². The number of carboxylic acids is 1. The molecule has 3 heteroatoms. The lowest BCUT2D eigenvalue weighted by atomic mass is 9.98. The second-order valence-corrected chi connectivity index (χ2v) is 4.57. The number of hydrogen-bond donors (Lipinski definition) is 1. The van der Waals surface area contributed by atoms with Gasteiger partial charge in [-0.05, 0) is 39.7 Å². The van der Waals surface area contributed by atoms with Crippen LogP contribution in [0.5, 0.6) is 0 Å². The summed E-state index contributed by atoms with van der Waals surface area (Å²) in [4.78, 5) is 11.2. The average Bonchev–Trinajstić information content (AvgIpc) is 2.37. The predicted octanol–water partition coefficient (Wildman–Crippen LogP) is 4.34. The topological polar surface area (TPSA) is 37.3 Å². The number of carbonyl (C=O) groups is 1. The van der Waals surface area contributed by atoms with Crippen molar-refractivity contribution < 1.29 is 9.90 Å². The molecular formula is C15H9ClO2. The molecule has 0 saturated heterocycles. The van der Waals surface area contributed by atoms with Crippen molar-refractivity contribution in [2.75, 3.05) is 0 Å². The van der Waals surface area contributed by atoms with Crippen LogP contribution in [0.25, 0.3) is 21.5 Å². The van der Waals surface area contributed by atoms with Crippen LogP contribution in [0, 0.1) is 0 Å². The van der Waals surface area contributed by atoms with E-state index in [2.05, 4.69) is 0 Å². The molecular weight excluding hydrogens is 248 g/mol. The Balaban J connectivity index is 2.51. The second kappa shape index (κ2) is 4.00. The predicted molar refractivity (Wildman–Crippen MR) is 73.4 cm³/mol. The first-order chi connectivity index (χ1) is 8.66. The average molecular weight is 257 g/mol. The number of fused-ring (bicyclic) bond motifs is 3. The summed E-state index contributed by atoms with van der Waals surface area (Å²) in [6.45, 7) is 0. The summed E-state index contributed by atoms with van der Waals surface area (Å²) in [5.74, 6) is -0.915. The Bertz CT molecular complexity index is 778. The third kappa shape index (κ3) is 1.62. The van der Waals surface area contributed by atoms with Crippen LogP contribution < -0.4 is 0 Å². The fourth-order valence-electron chi connectivity index (χ4n) is 2.25. The van der Waals surface area contributed by atoms with Crippen LogP contribution in [-0.4, -0.2) is 11.1 Å². The summed E-state index contributed by atoms with van der Waals surface area (Å²) in [7, 11) is 0. The Labute approximate surface area is 108 Å². The SMILES string of the molecule is O=C(O)c1cccc2c1ccc1ccc(Cl)cc12. The second-order valence-electron chi connectivity index (χ2n) is 4.14. The largest absolute Gasteiger partial charge is 0.478 e. The highest BCUT2D eigenvalue weighted by Crippen LogP contribution is 2.29. The van der Waals surface area contributed by atoms with Crippen molar-refractivity contribution in [3.05, 3.63) is 59.1 Å². The molecule has 0 aliphatic heterocycles. The molecule has 3 rings (SSSR count). The Morgan fingerprint density at radius 2 is 1.72 bits per heavy atom. The maximum Gasteiger partial charge on any atom is 0.336 e. The quantitative estimate of drug-likeness (QED) is 0.658. The van der Waals surface area contributed by atoms with E-state index in [1.165, 1.54) is 0 Å². The van der Waals surface area contributed by atoms with Gasteiger partial charge in [0.15, 0.2) is 0 Å². The Morgan fingerprint density at radius 3 is 2.50 bits per heavy atom. The first-order valence-electron chi connectivity index (χ1n) is 5.51. The third-order valence-electron chi connectivity index (χ3n) is 3.07. The Kier molecular flexibility index (Phi) is 2.46. The minimum absolute atomic E-state index is 0.314. The summed E-state index contributed by atoms with van der Waals surface area (Å²) in [5, 5.41) is 13.5. The molecule has 18 heavy (non-hydrogen) atoms. The van der Waals surface area contributed by atoms with Gasteiger partial charge in [0.05, 0.1) is 5.56 Å². The van der Waals surface area contributed by atoms with E-state index in [1.54, 1.807) is 12.1 Å². The molecule has 0 heterocycles. The number of benzene rings is 3. The summed E-state index contributed by atoms with van der Waals surface area (Å²) in [6, 6.07) is 14.7. The van der Waals surface area contributed by atoms with Crippen molar-refractivity contribution in [3.63, 3.8) is 0 Å². The van der Waals surface area contributed by atoms with Crippen molar-refractivity contribution in [1.82, 2.24) is 0 Å². The maximum atomic E-state index is 11.2. The van der Waals surface area contributed by atoms with Crippen LogP contribution in [0.4, 0.5) is 0 Å². The molecule has 0 atom stereocenters. The van der Waals surface area contributed by atoms with E-state index in [0.717, 1.165) is 21.5 Å². The van der Waals surface area contributed by atoms with E-state index in [4.69, 9.17) is 11.6 Å².